The number of benzene rings is 2. The Hall–Kier alpha value is -1.76. The second-order valence-corrected chi connectivity index (χ2v) is 8.69. The Balaban J connectivity index is 2.21. The Morgan fingerprint density at radius 2 is 1.70 bits per heavy atom. The second kappa shape index (κ2) is 11.6. The second-order valence-electron chi connectivity index (χ2n) is 6.96. The first-order valence-electron chi connectivity index (χ1n) is 9.64. The summed E-state index contributed by atoms with van der Waals surface area (Å²) in [4.78, 5) is 27.2. The number of amides is 2. The Bertz CT molecular complexity index is 857. The molecule has 0 unspecified atom stereocenters. The number of rotatable bonds is 9. The van der Waals surface area contributed by atoms with Gasteiger partial charge in [-0.3, -0.25) is 9.59 Å². The summed E-state index contributed by atoms with van der Waals surface area (Å²) >= 11 is 16.0. The normalized spacial score (nSPS) is 12.7. The molecule has 0 aliphatic rings. The monoisotopic (exact) mass is 514 g/mol. The van der Waals surface area contributed by atoms with Crippen molar-refractivity contribution in [3.05, 3.63) is 62.5 Å². The van der Waals surface area contributed by atoms with E-state index in [-0.39, 0.29) is 31.0 Å². The van der Waals surface area contributed by atoms with E-state index in [9.17, 15) is 9.59 Å². The summed E-state index contributed by atoms with van der Waals surface area (Å²) in [7, 11) is 0. The Morgan fingerprint density at radius 3 is 2.27 bits per heavy atom. The summed E-state index contributed by atoms with van der Waals surface area (Å²) < 4.78 is 6.53. The van der Waals surface area contributed by atoms with Crippen LogP contribution in [0.15, 0.2) is 46.9 Å². The number of hydrogen-bond donors (Lipinski definition) is 1. The van der Waals surface area contributed by atoms with Gasteiger partial charge in [-0.05, 0) is 56.7 Å². The van der Waals surface area contributed by atoms with Crippen molar-refractivity contribution in [1.29, 1.82) is 0 Å². The lowest BCUT2D eigenvalue weighted by Gasteiger charge is -2.30. The third-order valence-electron chi connectivity index (χ3n) is 4.73. The minimum Gasteiger partial charge on any atom is -0.484 e. The molecule has 2 aromatic rings. The van der Waals surface area contributed by atoms with Crippen molar-refractivity contribution in [1.82, 2.24) is 10.2 Å². The molecule has 0 heterocycles. The quantitative estimate of drug-likeness (QED) is 0.482. The van der Waals surface area contributed by atoms with Crippen molar-refractivity contribution in [3.63, 3.8) is 0 Å². The predicted octanol–water partition coefficient (Wildman–Crippen LogP) is 5.47. The first-order chi connectivity index (χ1) is 14.2. The summed E-state index contributed by atoms with van der Waals surface area (Å²) in [6, 6.07) is 11.6. The molecule has 1 N–H and O–H groups in total. The first kappa shape index (κ1) is 24.5. The van der Waals surface area contributed by atoms with Crippen LogP contribution in [-0.2, 0) is 16.1 Å². The van der Waals surface area contributed by atoms with Crippen LogP contribution in [0.25, 0.3) is 0 Å². The molecule has 0 aromatic heterocycles. The molecule has 2 atom stereocenters. The van der Waals surface area contributed by atoms with Gasteiger partial charge in [0, 0.05) is 32.7 Å². The van der Waals surface area contributed by atoms with E-state index >= 15 is 0 Å². The lowest BCUT2D eigenvalue weighted by Crippen LogP contribution is -2.50. The van der Waals surface area contributed by atoms with Crippen LogP contribution >= 0.6 is 39.1 Å². The molecule has 0 saturated carbocycles. The summed E-state index contributed by atoms with van der Waals surface area (Å²) in [5.41, 5.74) is 0.584. The van der Waals surface area contributed by atoms with Crippen LogP contribution in [0.2, 0.25) is 10.0 Å². The van der Waals surface area contributed by atoms with Crippen LogP contribution in [0.3, 0.4) is 0 Å². The summed E-state index contributed by atoms with van der Waals surface area (Å²) in [6.45, 7) is 5.45. The van der Waals surface area contributed by atoms with E-state index < -0.39 is 6.04 Å². The predicted molar refractivity (Wildman–Crippen MR) is 124 cm³/mol. The SMILES string of the molecule is CC[C@@H](C)NC(=O)[C@H](C)N(Cc1c(Cl)cccc1Cl)C(=O)COc1ccc(Br)cc1. The van der Waals surface area contributed by atoms with Crippen molar-refractivity contribution in [3.8, 4) is 5.75 Å². The zero-order chi connectivity index (χ0) is 22.3. The van der Waals surface area contributed by atoms with Crippen LogP contribution in [0.4, 0.5) is 0 Å². The van der Waals surface area contributed by atoms with Gasteiger partial charge in [0.15, 0.2) is 6.61 Å². The van der Waals surface area contributed by atoms with E-state index in [1.165, 1.54) is 4.90 Å². The highest BCUT2D eigenvalue weighted by molar-refractivity contribution is 9.10. The Morgan fingerprint density at radius 1 is 1.10 bits per heavy atom. The summed E-state index contributed by atoms with van der Waals surface area (Å²) in [5, 5.41) is 3.78. The van der Waals surface area contributed by atoms with Crippen LogP contribution in [0.5, 0.6) is 5.75 Å². The minimum absolute atomic E-state index is 0.000168. The van der Waals surface area contributed by atoms with Crippen molar-refractivity contribution in [2.75, 3.05) is 6.61 Å². The first-order valence-corrected chi connectivity index (χ1v) is 11.2. The molecule has 2 rings (SSSR count). The highest BCUT2D eigenvalue weighted by Gasteiger charge is 2.28. The summed E-state index contributed by atoms with van der Waals surface area (Å²) in [5.74, 6) is -0.0378. The van der Waals surface area contributed by atoms with Crippen LogP contribution in [0, 0.1) is 0 Å². The number of halogens is 3. The molecular formula is C22H25BrCl2N2O3. The molecule has 0 fully saturated rings. The van der Waals surface area contributed by atoms with Crippen LogP contribution in [-0.4, -0.2) is 35.4 Å². The average Bonchev–Trinajstić information content (AvgIpc) is 2.72. The van der Waals surface area contributed by atoms with Gasteiger partial charge in [-0.15, -0.1) is 0 Å². The molecule has 162 valence electrons. The molecule has 0 aliphatic carbocycles. The fourth-order valence-electron chi connectivity index (χ4n) is 2.66. The molecule has 2 amide bonds. The summed E-state index contributed by atoms with van der Waals surface area (Å²) in [6.07, 6.45) is 0.787. The smallest absolute Gasteiger partial charge is 0.261 e. The topological polar surface area (TPSA) is 58.6 Å². The number of ether oxygens (including phenoxy) is 1. The van der Waals surface area contributed by atoms with E-state index in [1.807, 2.05) is 26.0 Å². The molecule has 0 saturated heterocycles. The van der Waals surface area contributed by atoms with Gasteiger partial charge in [0.05, 0.1) is 0 Å². The standard InChI is InChI=1S/C22H25BrCl2N2O3/c1-4-14(2)26-22(29)15(3)27(12-18-19(24)6-5-7-20(18)25)21(28)13-30-17-10-8-16(23)9-11-17/h5-11,14-15H,4,12-13H2,1-3H3,(H,26,29)/t14-,15+/m1/s1. The largest absolute Gasteiger partial charge is 0.484 e. The van der Waals surface area contributed by atoms with E-state index in [0.717, 1.165) is 10.9 Å². The van der Waals surface area contributed by atoms with Gasteiger partial charge in [0.25, 0.3) is 5.91 Å². The molecule has 0 spiro atoms. The maximum Gasteiger partial charge on any atom is 0.261 e. The third kappa shape index (κ3) is 6.89. The van der Waals surface area contributed by atoms with Gasteiger partial charge in [-0.1, -0.05) is 52.1 Å². The molecule has 30 heavy (non-hydrogen) atoms. The highest BCUT2D eigenvalue weighted by Crippen LogP contribution is 2.26. The highest BCUT2D eigenvalue weighted by atomic mass is 79.9. The minimum atomic E-state index is -0.729. The van der Waals surface area contributed by atoms with E-state index in [1.54, 1.807) is 37.3 Å². The number of nitrogens with zero attached hydrogens (tertiary/aromatic N) is 1. The molecule has 0 radical (unpaired) electrons. The van der Waals surface area contributed by atoms with Gasteiger partial charge in [0.2, 0.25) is 5.91 Å². The van der Waals surface area contributed by atoms with Gasteiger partial charge in [0.1, 0.15) is 11.8 Å². The van der Waals surface area contributed by atoms with Crippen LogP contribution < -0.4 is 10.1 Å². The number of carbonyl (C=O) groups excluding carboxylic acids is 2. The van der Waals surface area contributed by atoms with Gasteiger partial charge in [-0.2, -0.15) is 0 Å². The average molecular weight is 516 g/mol. The Kier molecular flexibility index (Phi) is 9.46. The fourth-order valence-corrected chi connectivity index (χ4v) is 3.44. The maximum atomic E-state index is 13.0. The number of nitrogens with one attached hydrogen (secondary N) is 1. The lowest BCUT2D eigenvalue weighted by atomic mass is 10.1. The van der Waals surface area contributed by atoms with Gasteiger partial charge >= 0.3 is 0 Å². The van der Waals surface area contributed by atoms with Crippen LogP contribution in [0.1, 0.15) is 32.8 Å². The molecule has 2 aromatic carbocycles. The van der Waals surface area contributed by atoms with Crippen molar-refractivity contribution >= 4 is 50.9 Å². The maximum absolute atomic E-state index is 13.0. The zero-order valence-electron chi connectivity index (χ0n) is 17.1. The lowest BCUT2D eigenvalue weighted by molar-refractivity contribution is -0.142. The van der Waals surface area contributed by atoms with Crippen molar-refractivity contribution in [2.45, 2.75) is 45.8 Å². The number of carbonyl (C=O) groups is 2. The fraction of sp³-hybridized carbons (Fsp3) is 0.364. The Labute approximate surface area is 195 Å². The molecular weight excluding hydrogens is 491 g/mol. The number of hydrogen-bond acceptors (Lipinski definition) is 3. The van der Waals surface area contributed by atoms with E-state index in [2.05, 4.69) is 21.2 Å². The van der Waals surface area contributed by atoms with Crippen molar-refractivity contribution in [2.24, 2.45) is 0 Å². The van der Waals surface area contributed by atoms with E-state index in [4.69, 9.17) is 27.9 Å². The van der Waals surface area contributed by atoms with Crippen molar-refractivity contribution < 1.29 is 14.3 Å². The molecule has 0 aliphatic heterocycles. The molecule has 5 nitrogen and oxygen atoms in total. The van der Waals surface area contributed by atoms with Gasteiger partial charge in [-0.25, -0.2) is 0 Å². The third-order valence-corrected chi connectivity index (χ3v) is 5.97. The molecule has 8 heteroatoms. The molecule has 0 bridgehead atoms. The van der Waals surface area contributed by atoms with E-state index in [0.29, 0.717) is 21.4 Å². The zero-order valence-corrected chi connectivity index (χ0v) is 20.2. The van der Waals surface area contributed by atoms with Gasteiger partial charge < -0.3 is 15.0 Å².